The summed E-state index contributed by atoms with van der Waals surface area (Å²) in [4.78, 5) is 14.4. The molecule has 1 aromatic carbocycles. The van der Waals surface area contributed by atoms with Crippen LogP contribution in [-0.4, -0.2) is 29.3 Å². The van der Waals surface area contributed by atoms with E-state index in [1.54, 1.807) is 6.07 Å². The van der Waals surface area contributed by atoms with Crippen LogP contribution in [0.1, 0.15) is 12.5 Å². The predicted octanol–water partition coefficient (Wildman–Crippen LogP) is 3.45. The number of nitrogens with zero attached hydrogens (tertiary/aromatic N) is 3. The first kappa shape index (κ1) is 19.5. The lowest BCUT2D eigenvalue weighted by Gasteiger charge is -2.13. The number of nitrogens with one attached hydrogen (secondary N) is 1. The molecule has 0 fully saturated rings. The predicted molar refractivity (Wildman–Crippen MR) is 107 cm³/mol. The molecule has 1 heterocycles. The van der Waals surface area contributed by atoms with Crippen molar-refractivity contribution in [2.45, 2.75) is 6.92 Å². The van der Waals surface area contributed by atoms with Crippen LogP contribution in [0.5, 0.6) is 11.5 Å². The van der Waals surface area contributed by atoms with Gasteiger partial charge in [-0.2, -0.15) is 5.10 Å². The van der Waals surface area contributed by atoms with Crippen LogP contribution in [-0.2, 0) is 0 Å². The normalized spacial score (nSPS) is 10.3. The molecule has 0 aliphatic rings. The first-order chi connectivity index (χ1) is 12.6. The average molecular weight is 466 g/mol. The minimum Gasteiger partial charge on any atom is -0.490 e. The molecule has 8 nitrogen and oxygen atoms in total. The Morgan fingerprint density at radius 1 is 1.50 bits per heavy atom. The molecule has 0 amide bonds. The molecule has 0 saturated carbocycles. The lowest BCUT2D eigenvalue weighted by molar-refractivity contribution is -0.384. The van der Waals surface area contributed by atoms with E-state index in [9.17, 15) is 10.1 Å². The maximum absolute atomic E-state index is 11.0. The van der Waals surface area contributed by atoms with Gasteiger partial charge in [-0.3, -0.25) is 15.5 Å². The van der Waals surface area contributed by atoms with E-state index in [1.165, 1.54) is 24.5 Å². The Balaban J connectivity index is 2.23. The summed E-state index contributed by atoms with van der Waals surface area (Å²) in [6.07, 6.45) is 8.18. The number of halogens is 1. The zero-order valence-electron chi connectivity index (χ0n) is 13.8. The lowest BCUT2D eigenvalue weighted by atomic mass is 10.2. The Kier molecular flexibility index (Phi) is 7.16. The molecule has 2 aromatic rings. The summed E-state index contributed by atoms with van der Waals surface area (Å²) in [5, 5.41) is 15.0. The molecule has 134 valence electrons. The van der Waals surface area contributed by atoms with Crippen molar-refractivity contribution in [1.29, 1.82) is 0 Å². The highest BCUT2D eigenvalue weighted by Gasteiger charge is 2.14. The topological polar surface area (TPSA) is 98.9 Å². The SMILES string of the molecule is C#CCOc1c(I)cc(/C=N/Nc2ncccc2[N+](=O)[O-])cc1OCC. The molecule has 0 atom stereocenters. The molecule has 2 rings (SSSR count). The van der Waals surface area contributed by atoms with E-state index in [0.717, 1.165) is 9.13 Å². The first-order valence-electron chi connectivity index (χ1n) is 7.48. The number of hydrogen-bond acceptors (Lipinski definition) is 7. The van der Waals surface area contributed by atoms with Crippen LogP contribution in [0.15, 0.2) is 35.6 Å². The van der Waals surface area contributed by atoms with Crippen LogP contribution in [0, 0.1) is 26.0 Å². The van der Waals surface area contributed by atoms with E-state index >= 15 is 0 Å². The van der Waals surface area contributed by atoms with Crippen LogP contribution in [0.25, 0.3) is 0 Å². The second kappa shape index (κ2) is 9.57. The Morgan fingerprint density at radius 2 is 2.31 bits per heavy atom. The maximum atomic E-state index is 11.0. The van der Waals surface area contributed by atoms with E-state index < -0.39 is 4.92 Å². The highest BCUT2D eigenvalue weighted by atomic mass is 127. The molecule has 0 radical (unpaired) electrons. The maximum Gasteiger partial charge on any atom is 0.313 e. The Hall–Kier alpha value is -2.87. The van der Waals surface area contributed by atoms with Gasteiger partial charge in [0.15, 0.2) is 11.5 Å². The molecule has 0 aliphatic carbocycles. The zero-order chi connectivity index (χ0) is 18.9. The number of aromatic nitrogens is 1. The zero-order valence-corrected chi connectivity index (χ0v) is 16.0. The van der Waals surface area contributed by atoms with Crippen LogP contribution < -0.4 is 14.9 Å². The summed E-state index contributed by atoms with van der Waals surface area (Å²) in [6.45, 7) is 2.45. The second-order valence-electron chi connectivity index (χ2n) is 4.75. The summed E-state index contributed by atoms with van der Waals surface area (Å²) >= 11 is 2.11. The number of hydrazone groups is 1. The van der Waals surface area contributed by atoms with Crippen LogP contribution in [0.3, 0.4) is 0 Å². The number of benzene rings is 1. The van der Waals surface area contributed by atoms with E-state index in [4.69, 9.17) is 15.9 Å². The quantitative estimate of drug-likeness (QED) is 0.211. The molecule has 1 N–H and O–H groups in total. The van der Waals surface area contributed by atoms with Crippen molar-refractivity contribution < 1.29 is 14.4 Å². The van der Waals surface area contributed by atoms with Crippen molar-refractivity contribution in [3.8, 4) is 23.8 Å². The van der Waals surface area contributed by atoms with Crippen molar-refractivity contribution in [2.24, 2.45) is 5.10 Å². The molecule has 1 aromatic heterocycles. The standard InChI is InChI=1S/C17H15IN4O4/c1-3-8-26-16-13(18)9-12(10-15(16)25-4-2)11-20-21-17-14(22(23)24)6-5-7-19-17/h1,5-7,9-11H,4,8H2,2H3,(H,19,21)/b20-11+. The molecule has 0 unspecified atom stereocenters. The van der Waals surface area contributed by atoms with Gasteiger partial charge in [-0.25, -0.2) is 4.98 Å². The van der Waals surface area contributed by atoms with Gasteiger partial charge in [-0.15, -0.1) is 6.42 Å². The second-order valence-corrected chi connectivity index (χ2v) is 5.92. The summed E-state index contributed by atoms with van der Waals surface area (Å²) in [6, 6.07) is 6.40. The van der Waals surface area contributed by atoms with Gasteiger partial charge in [0.25, 0.3) is 0 Å². The van der Waals surface area contributed by atoms with Crippen molar-refractivity contribution in [3.05, 3.63) is 49.7 Å². The third kappa shape index (κ3) is 5.06. The van der Waals surface area contributed by atoms with Gasteiger partial charge in [0, 0.05) is 12.3 Å². The molecular formula is C17H15IN4O4. The van der Waals surface area contributed by atoms with Crippen LogP contribution >= 0.6 is 22.6 Å². The summed E-state index contributed by atoms with van der Waals surface area (Å²) < 4.78 is 11.9. The third-order valence-corrected chi connectivity index (χ3v) is 3.80. The largest absolute Gasteiger partial charge is 0.490 e. The number of anilines is 1. The van der Waals surface area contributed by atoms with E-state index in [1.807, 2.05) is 13.0 Å². The molecule has 0 spiro atoms. The number of terminal acetylenes is 1. The summed E-state index contributed by atoms with van der Waals surface area (Å²) in [5.74, 6) is 3.58. The Bertz CT molecular complexity index is 864. The molecule has 26 heavy (non-hydrogen) atoms. The van der Waals surface area contributed by atoms with Crippen LogP contribution in [0.2, 0.25) is 0 Å². The van der Waals surface area contributed by atoms with Crippen molar-refractivity contribution in [1.82, 2.24) is 4.98 Å². The molecule has 9 heteroatoms. The van der Waals surface area contributed by atoms with Gasteiger partial charge >= 0.3 is 5.69 Å². The van der Waals surface area contributed by atoms with Gasteiger partial charge in [0.1, 0.15) is 6.61 Å². The average Bonchev–Trinajstić information content (AvgIpc) is 2.61. The van der Waals surface area contributed by atoms with Gasteiger partial charge in [0.2, 0.25) is 5.82 Å². The highest BCUT2D eigenvalue weighted by molar-refractivity contribution is 14.1. The molecule has 0 aliphatic heterocycles. The fourth-order valence-corrected chi connectivity index (χ4v) is 2.76. The van der Waals surface area contributed by atoms with Crippen molar-refractivity contribution in [3.63, 3.8) is 0 Å². The Morgan fingerprint density at radius 3 is 3.00 bits per heavy atom. The van der Waals surface area contributed by atoms with Gasteiger partial charge < -0.3 is 9.47 Å². The van der Waals surface area contributed by atoms with Crippen LogP contribution in [0.4, 0.5) is 11.5 Å². The fraction of sp³-hybridized carbons (Fsp3) is 0.176. The van der Waals surface area contributed by atoms with Gasteiger partial charge in [-0.05, 0) is 53.3 Å². The number of hydrogen-bond donors (Lipinski definition) is 1. The van der Waals surface area contributed by atoms with Crippen molar-refractivity contribution >= 4 is 40.3 Å². The number of ether oxygens (including phenoxy) is 2. The van der Waals surface area contributed by atoms with Crippen molar-refractivity contribution in [2.75, 3.05) is 18.6 Å². The number of rotatable bonds is 8. The summed E-state index contributed by atoms with van der Waals surface area (Å²) in [5.41, 5.74) is 3.14. The molecule has 0 saturated heterocycles. The molecule has 0 bridgehead atoms. The Labute approximate surface area is 163 Å². The minimum atomic E-state index is -0.529. The first-order valence-corrected chi connectivity index (χ1v) is 8.55. The highest BCUT2D eigenvalue weighted by Crippen LogP contribution is 2.33. The van der Waals surface area contributed by atoms with E-state index in [0.29, 0.717) is 18.1 Å². The fourth-order valence-electron chi connectivity index (χ4n) is 1.98. The summed E-state index contributed by atoms with van der Waals surface area (Å²) in [7, 11) is 0. The van der Waals surface area contributed by atoms with Gasteiger partial charge in [0.05, 0.1) is 21.3 Å². The minimum absolute atomic E-state index is 0.0578. The smallest absolute Gasteiger partial charge is 0.313 e. The van der Waals surface area contributed by atoms with E-state index in [-0.39, 0.29) is 18.1 Å². The van der Waals surface area contributed by atoms with E-state index in [2.05, 4.69) is 44.0 Å². The van der Waals surface area contributed by atoms with Gasteiger partial charge in [-0.1, -0.05) is 5.92 Å². The number of nitro groups is 1. The number of pyridine rings is 1. The monoisotopic (exact) mass is 466 g/mol. The molecular weight excluding hydrogens is 451 g/mol. The third-order valence-electron chi connectivity index (χ3n) is 3.00. The lowest BCUT2D eigenvalue weighted by Crippen LogP contribution is -2.03.